The number of rotatable bonds is 2. The molecule has 0 spiro atoms. The lowest BCUT2D eigenvalue weighted by molar-refractivity contribution is -0.374. The fourth-order valence-electron chi connectivity index (χ4n) is 2.59. The van der Waals surface area contributed by atoms with Gasteiger partial charge in [0.2, 0.25) is 0 Å². The Balaban J connectivity index is 2.22. The van der Waals surface area contributed by atoms with Crippen molar-refractivity contribution in [1.82, 2.24) is 0 Å². The molecule has 0 N–H and O–H groups in total. The van der Waals surface area contributed by atoms with E-state index in [0.29, 0.717) is 0 Å². The van der Waals surface area contributed by atoms with Crippen molar-refractivity contribution in [3.63, 3.8) is 0 Å². The van der Waals surface area contributed by atoms with Gasteiger partial charge in [0.15, 0.2) is 0 Å². The van der Waals surface area contributed by atoms with Crippen LogP contribution in [0.1, 0.15) is 19.3 Å². The van der Waals surface area contributed by atoms with Gasteiger partial charge >= 0.3 is 22.3 Å². The molecule has 3 aliphatic rings. The maximum absolute atomic E-state index is 12.9. The fraction of sp³-hybridized carbons (Fsp3) is 1.00. The monoisotopic (exact) mass is 268 g/mol. The molecule has 2 bridgehead atoms. The minimum atomic E-state index is -5.72. The van der Waals surface area contributed by atoms with E-state index in [9.17, 15) is 34.3 Å². The predicted molar refractivity (Wildman–Crippen MR) is 40.0 cm³/mol. The molecule has 0 aliphatic heterocycles. The Hall–Kier alpha value is -0.470. The number of alkyl halides is 5. The van der Waals surface area contributed by atoms with Gasteiger partial charge in [-0.3, -0.25) is 0 Å². The summed E-state index contributed by atoms with van der Waals surface area (Å²) >= 11 is 0. The van der Waals surface area contributed by atoms with Crippen LogP contribution in [0, 0.1) is 5.41 Å². The van der Waals surface area contributed by atoms with Crippen molar-refractivity contribution in [3.8, 4) is 0 Å². The Morgan fingerprint density at radius 3 is 1.56 bits per heavy atom. The van der Waals surface area contributed by atoms with E-state index in [-0.39, 0.29) is 0 Å². The number of hydrogen-bond acceptors (Lipinski definition) is 2. The van der Waals surface area contributed by atoms with E-state index in [2.05, 4.69) is 0 Å². The smallest absolute Gasteiger partial charge is 0.196 e. The molecular formula is C7H6F6O2S. The van der Waals surface area contributed by atoms with Gasteiger partial charge in [0.1, 0.15) is 4.75 Å². The zero-order valence-electron chi connectivity index (χ0n) is 7.61. The first-order valence-electron chi connectivity index (χ1n) is 4.26. The summed E-state index contributed by atoms with van der Waals surface area (Å²) in [5.74, 6) is -4.95. The van der Waals surface area contributed by atoms with Crippen molar-refractivity contribution in [1.29, 1.82) is 0 Å². The van der Waals surface area contributed by atoms with E-state index in [1.807, 2.05) is 0 Å². The zero-order valence-corrected chi connectivity index (χ0v) is 8.43. The van der Waals surface area contributed by atoms with Crippen molar-refractivity contribution < 1.29 is 34.3 Å². The van der Waals surface area contributed by atoms with Crippen LogP contribution in [0.25, 0.3) is 0 Å². The normalized spacial score (nSPS) is 38.9. The minimum absolute atomic E-state index is 0.953. The lowest BCUT2D eigenvalue weighted by atomic mass is 9.41. The second-order valence-corrected chi connectivity index (χ2v) is 6.25. The van der Waals surface area contributed by atoms with Gasteiger partial charge < -0.3 is 0 Å². The molecule has 3 rings (SSSR count). The van der Waals surface area contributed by atoms with Crippen LogP contribution >= 0.6 is 0 Å². The van der Waals surface area contributed by atoms with Crippen LogP contribution in [0.4, 0.5) is 25.8 Å². The number of hydrogen-bond donors (Lipinski definition) is 0. The van der Waals surface area contributed by atoms with Crippen LogP contribution in [-0.2, 0) is 10.2 Å². The molecule has 0 heterocycles. The summed E-state index contributed by atoms with van der Waals surface area (Å²) < 4.78 is 93.4. The SMILES string of the molecule is O=S(=O)(F)C12CC(C(F)(F)C(F)(F)F)(C1)C2. The van der Waals surface area contributed by atoms with E-state index in [0.717, 1.165) is 0 Å². The van der Waals surface area contributed by atoms with Gasteiger partial charge in [-0.2, -0.15) is 30.4 Å². The molecule has 0 aromatic heterocycles. The van der Waals surface area contributed by atoms with Gasteiger partial charge in [0.05, 0.1) is 0 Å². The van der Waals surface area contributed by atoms with Crippen molar-refractivity contribution in [2.45, 2.75) is 36.1 Å². The average Bonchev–Trinajstić information content (AvgIpc) is 1.70. The Bertz CT molecular complexity index is 417. The maximum atomic E-state index is 12.9. The van der Waals surface area contributed by atoms with Crippen LogP contribution < -0.4 is 0 Å². The Morgan fingerprint density at radius 1 is 0.938 bits per heavy atom. The van der Waals surface area contributed by atoms with Crippen LogP contribution in [-0.4, -0.2) is 25.3 Å². The standard InChI is InChI=1S/C7H6F6O2S/c8-6(9,7(10,11)12)4-1-5(2-4,3-4)16(13,14)15/h1-3H2. The molecule has 0 saturated heterocycles. The van der Waals surface area contributed by atoms with E-state index in [4.69, 9.17) is 0 Å². The van der Waals surface area contributed by atoms with Crippen LogP contribution in [0.15, 0.2) is 0 Å². The molecule has 3 saturated carbocycles. The molecule has 16 heavy (non-hydrogen) atoms. The highest BCUT2D eigenvalue weighted by Gasteiger charge is 2.87. The lowest BCUT2D eigenvalue weighted by Gasteiger charge is -2.69. The first-order valence-corrected chi connectivity index (χ1v) is 5.64. The molecule has 0 radical (unpaired) electrons. The van der Waals surface area contributed by atoms with E-state index < -0.39 is 51.7 Å². The molecule has 94 valence electrons. The van der Waals surface area contributed by atoms with Crippen LogP contribution in [0.2, 0.25) is 0 Å². The molecule has 2 nitrogen and oxygen atoms in total. The third kappa shape index (κ3) is 1.07. The highest BCUT2D eigenvalue weighted by molar-refractivity contribution is 7.88. The highest BCUT2D eigenvalue weighted by atomic mass is 32.3. The molecule has 3 fully saturated rings. The summed E-state index contributed by atoms with van der Waals surface area (Å²) in [5, 5.41) is 0. The van der Waals surface area contributed by atoms with E-state index >= 15 is 0 Å². The van der Waals surface area contributed by atoms with E-state index in [1.165, 1.54) is 0 Å². The topological polar surface area (TPSA) is 34.1 Å². The van der Waals surface area contributed by atoms with Crippen LogP contribution in [0.5, 0.6) is 0 Å². The Labute approximate surface area is 86.8 Å². The Kier molecular flexibility index (Phi) is 1.89. The molecule has 0 amide bonds. The molecule has 0 aromatic rings. The van der Waals surface area contributed by atoms with Gasteiger partial charge in [-0.05, 0) is 19.3 Å². The third-order valence-electron chi connectivity index (χ3n) is 3.52. The largest absolute Gasteiger partial charge is 0.453 e. The lowest BCUT2D eigenvalue weighted by Crippen LogP contribution is -2.77. The predicted octanol–water partition coefficient (Wildman–Crippen LogP) is 2.41. The fourth-order valence-corrected chi connectivity index (χ4v) is 3.93. The van der Waals surface area contributed by atoms with Gasteiger partial charge in [-0.25, -0.2) is 0 Å². The van der Waals surface area contributed by atoms with Gasteiger partial charge in [0, 0.05) is 5.41 Å². The quantitative estimate of drug-likeness (QED) is 0.569. The molecule has 3 aliphatic carbocycles. The molecule has 9 heteroatoms. The van der Waals surface area contributed by atoms with Crippen molar-refractivity contribution >= 4 is 10.2 Å². The van der Waals surface area contributed by atoms with Gasteiger partial charge in [-0.15, -0.1) is 3.89 Å². The third-order valence-corrected chi connectivity index (χ3v) is 4.99. The average molecular weight is 268 g/mol. The summed E-state index contributed by atoms with van der Waals surface area (Å²) in [6.07, 6.45) is -8.58. The summed E-state index contributed by atoms with van der Waals surface area (Å²) in [5.41, 5.74) is -2.41. The van der Waals surface area contributed by atoms with Crippen molar-refractivity contribution in [3.05, 3.63) is 0 Å². The molecule has 0 unspecified atom stereocenters. The summed E-state index contributed by atoms with van der Waals surface area (Å²) in [6, 6.07) is 0. The first kappa shape index (κ1) is 12.0. The summed E-state index contributed by atoms with van der Waals surface area (Å²) in [4.78, 5) is 0. The Morgan fingerprint density at radius 2 is 1.31 bits per heavy atom. The second kappa shape index (κ2) is 2.51. The van der Waals surface area contributed by atoms with Gasteiger partial charge in [0.25, 0.3) is 0 Å². The van der Waals surface area contributed by atoms with Crippen molar-refractivity contribution in [2.75, 3.05) is 0 Å². The maximum Gasteiger partial charge on any atom is 0.453 e. The molecule has 0 atom stereocenters. The van der Waals surface area contributed by atoms with E-state index in [1.54, 1.807) is 0 Å². The number of halogens is 6. The van der Waals surface area contributed by atoms with Crippen LogP contribution in [0.3, 0.4) is 0 Å². The van der Waals surface area contributed by atoms with Gasteiger partial charge in [-0.1, -0.05) is 0 Å². The second-order valence-electron chi connectivity index (χ2n) is 4.50. The summed E-state index contributed by atoms with van der Waals surface area (Å²) in [7, 11) is -5.04. The zero-order chi connectivity index (χ0) is 12.6. The molecule has 0 aromatic carbocycles. The highest BCUT2D eigenvalue weighted by Crippen LogP contribution is 2.78. The molecular weight excluding hydrogens is 262 g/mol. The summed E-state index contributed by atoms with van der Waals surface area (Å²) in [6.45, 7) is 0. The minimum Gasteiger partial charge on any atom is -0.196 e. The van der Waals surface area contributed by atoms with Crippen molar-refractivity contribution in [2.24, 2.45) is 5.41 Å². The first-order chi connectivity index (χ1) is 6.87.